The standard InChI is InChI=1S/C13H19NOS/c1-2-15-13(16)12(14)10-6-9-11-7-4-3-5-8-11/h3-5,7-8,12H,2,6,9-10,14H2,1H3. The molecule has 16 heavy (non-hydrogen) atoms. The molecule has 0 spiro atoms. The Bertz CT molecular complexity index is 313. The first-order chi connectivity index (χ1) is 7.74. The summed E-state index contributed by atoms with van der Waals surface area (Å²) in [6, 6.07) is 10.3. The molecule has 0 amide bonds. The van der Waals surface area contributed by atoms with Crippen LogP contribution in [0, 0.1) is 0 Å². The second kappa shape index (κ2) is 7.36. The molecule has 0 radical (unpaired) electrons. The average molecular weight is 237 g/mol. The van der Waals surface area contributed by atoms with Gasteiger partial charge in [0.25, 0.3) is 0 Å². The third-order valence-electron chi connectivity index (χ3n) is 2.41. The van der Waals surface area contributed by atoms with E-state index in [1.165, 1.54) is 5.56 Å². The van der Waals surface area contributed by atoms with Crippen LogP contribution in [0.4, 0.5) is 0 Å². The minimum Gasteiger partial charge on any atom is -0.486 e. The van der Waals surface area contributed by atoms with Crippen molar-refractivity contribution in [2.45, 2.75) is 32.2 Å². The molecule has 0 aromatic heterocycles. The molecule has 1 aromatic carbocycles. The van der Waals surface area contributed by atoms with Gasteiger partial charge in [-0.05, 0) is 44.0 Å². The highest BCUT2D eigenvalue weighted by atomic mass is 32.1. The van der Waals surface area contributed by atoms with Crippen molar-refractivity contribution in [2.24, 2.45) is 5.73 Å². The first-order valence-corrected chi connectivity index (χ1v) is 6.11. The predicted octanol–water partition coefficient (Wildman–Crippen LogP) is 2.70. The molecule has 0 aliphatic rings. The smallest absolute Gasteiger partial charge is 0.176 e. The van der Waals surface area contributed by atoms with Gasteiger partial charge in [-0.3, -0.25) is 0 Å². The lowest BCUT2D eigenvalue weighted by Crippen LogP contribution is -2.30. The molecule has 2 nitrogen and oxygen atoms in total. The lowest BCUT2D eigenvalue weighted by molar-refractivity contribution is 0.319. The first-order valence-electron chi connectivity index (χ1n) is 5.70. The minimum absolute atomic E-state index is 0.112. The van der Waals surface area contributed by atoms with E-state index in [4.69, 9.17) is 22.7 Å². The molecule has 0 fully saturated rings. The molecule has 1 aromatic rings. The largest absolute Gasteiger partial charge is 0.486 e. The number of ether oxygens (including phenoxy) is 1. The van der Waals surface area contributed by atoms with Crippen molar-refractivity contribution >= 4 is 17.3 Å². The first kappa shape index (κ1) is 13.1. The van der Waals surface area contributed by atoms with Crippen LogP contribution in [0.3, 0.4) is 0 Å². The lowest BCUT2D eigenvalue weighted by Gasteiger charge is -2.12. The maximum absolute atomic E-state index is 5.90. The monoisotopic (exact) mass is 237 g/mol. The quantitative estimate of drug-likeness (QED) is 0.773. The Morgan fingerprint density at radius 1 is 1.38 bits per heavy atom. The summed E-state index contributed by atoms with van der Waals surface area (Å²) in [7, 11) is 0. The van der Waals surface area contributed by atoms with Gasteiger partial charge in [-0.15, -0.1) is 0 Å². The molecule has 0 saturated carbocycles. The van der Waals surface area contributed by atoms with Crippen molar-refractivity contribution in [3.63, 3.8) is 0 Å². The third kappa shape index (κ3) is 4.73. The molecule has 1 unspecified atom stereocenters. The van der Waals surface area contributed by atoms with E-state index < -0.39 is 0 Å². The zero-order chi connectivity index (χ0) is 11.8. The Morgan fingerprint density at radius 2 is 2.06 bits per heavy atom. The van der Waals surface area contributed by atoms with Gasteiger partial charge >= 0.3 is 0 Å². The molecule has 0 heterocycles. The summed E-state index contributed by atoms with van der Waals surface area (Å²) in [4.78, 5) is 0. The molecule has 1 rings (SSSR count). The van der Waals surface area contributed by atoms with Crippen molar-refractivity contribution in [3.05, 3.63) is 35.9 Å². The average Bonchev–Trinajstić information content (AvgIpc) is 2.30. The molecule has 0 aliphatic heterocycles. The second-order valence-electron chi connectivity index (χ2n) is 3.74. The Kier molecular flexibility index (Phi) is 6.04. The van der Waals surface area contributed by atoms with Gasteiger partial charge in [-0.1, -0.05) is 30.3 Å². The van der Waals surface area contributed by atoms with Crippen LogP contribution in [-0.2, 0) is 11.2 Å². The summed E-state index contributed by atoms with van der Waals surface area (Å²) in [5.41, 5.74) is 7.25. The van der Waals surface area contributed by atoms with Crippen molar-refractivity contribution in [1.29, 1.82) is 0 Å². The van der Waals surface area contributed by atoms with Crippen LogP contribution < -0.4 is 5.73 Å². The van der Waals surface area contributed by atoms with Gasteiger partial charge in [-0.2, -0.15) is 0 Å². The maximum atomic E-state index is 5.90. The number of rotatable bonds is 6. The lowest BCUT2D eigenvalue weighted by atomic mass is 10.1. The molecule has 1 atom stereocenters. The van der Waals surface area contributed by atoms with Crippen LogP contribution in [-0.4, -0.2) is 17.7 Å². The van der Waals surface area contributed by atoms with Crippen LogP contribution in [0.5, 0.6) is 0 Å². The third-order valence-corrected chi connectivity index (χ3v) is 2.83. The zero-order valence-corrected chi connectivity index (χ0v) is 10.5. The van der Waals surface area contributed by atoms with Crippen molar-refractivity contribution in [3.8, 4) is 0 Å². The predicted molar refractivity (Wildman–Crippen MR) is 71.6 cm³/mol. The molecule has 3 heteroatoms. The van der Waals surface area contributed by atoms with Gasteiger partial charge in [0.2, 0.25) is 0 Å². The fraction of sp³-hybridized carbons (Fsp3) is 0.462. The summed E-state index contributed by atoms with van der Waals surface area (Å²) in [5.74, 6) is 0. The molecule has 2 N–H and O–H groups in total. The number of thiocarbonyl (C=S) groups is 1. The van der Waals surface area contributed by atoms with Gasteiger partial charge in [0.05, 0.1) is 12.6 Å². The van der Waals surface area contributed by atoms with E-state index in [2.05, 4.69) is 24.3 Å². The summed E-state index contributed by atoms with van der Waals surface area (Å²) in [6.07, 6.45) is 2.97. The van der Waals surface area contributed by atoms with Gasteiger partial charge in [0, 0.05) is 0 Å². The van der Waals surface area contributed by atoms with Crippen LogP contribution in [0.1, 0.15) is 25.3 Å². The summed E-state index contributed by atoms with van der Waals surface area (Å²) >= 11 is 5.06. The molecule has 0 aliphatic carbocycles. The zero-order valence-electron chi connectivity index (χ0n) is 9.69. The highest BCUT2D eigenvalue weighted by Crippen LogP contribution is 2.07. The fourth-order valence-electron chi connectivity index (χ4n) is 1.54. The topological polar surface area (TPSA) is 35.2 Å². The van der Waals surface area contributed by atoms with E-state index in [0.29, 0.717) is 11.7 Å². The molecular weight excluding hydrogens is 218 g/mol. The van der Waals surface area contributed by atoms with E-state index in [9.17, 15) is 0 Å². The number of nitrogens with two attached hydrogens (primary N) is 1. The number of hydrogen-bond donors (Lipinski definition) is 1. The SMILES string of the molecule is CCOC(=S)C(N)CCCc1ccccc1. The van der Waals surface area contributed by atoms with Crippen LogP contribution in [0.15, 0.2) is 30.3 Å². The van der Waals surface area contributed by atoms with Crippen LogP contribution in [0.25, 0.3) is 0 Å². The van der Waals surface area contributed by atoms with E-state index >= 15 is 0 Å². The van der Waals surface area contributed by atoms with Crippen molar-refractivity contribution in [1.82, 2.24) is 0 Å². The molecule has 0 bridgehead atoms. The van der Waals surface area contributed by atoms with Crippen molar-refractivity contribution in [2.75, 3.05) is 6.61 Å². The highest BCUT2D eigenvalue weighted by Gasteiger charge is 2.09. The van der Waals surface area contributed by atoms with Gasteiger partial charge in [0.1, 0.15) is 0 Å². The Morgan fingerprint density at radius 3 is 2.69 bits per heavy atom. The highest BCUT2D eigenvalue weighted by molar-refractivity contribution is 7.80. The fourth-order valence-corrected chi connectivity index (χ4v) is 1.77. The number of hydrogen-bond acceptors (Lipinski definition) is 3. The van der Waals surface area contributed by atoms with Crippen LogP contribution in [0.2, 0.25) is 0 Å². The number of benzene rings is 1. The maximum Gasteiger partial charge on any atom is 0.176 e. The Hall–Kier alpha value is -0.930. The van der Waals surface area contributed by atoms with E-state index in [1.54, 1.807) is 0 Å². The summed E-state index contributed by atoms with van der Waals surface area (Å²) in [5, 5.41) is 0.538. The molecule has 88 valence electrons. The van der Waals surface area contributed by atoms with E-state index in [-0.39, 0.29) is 6.04 Å². The Balaban J connectivity index is 2.23. The summed E-state index contributed by atoms with van der Waals surface area (Å²) < 4.78 is 5.21. The Labute approximate surface area is 103 Å². The van der Waals surface area contributed by atoms with E-state index in [0.717, 1.165) is 19.3 Å². The van der Waals surface area contributed by atoms with E-state index in [1.807, 2.05) is 13.0 Å². The second-order valence-corrected chi connectivity index (χ2v) is 4.14. The van der Waals surface area contributed by atoms with Gasteiger partial charge < -0.3 is 10.5 Å². The van der Waals surface area contributed by atoms with Gasteiger partial charge in [-0.25, -0.2) is 0 Å². The minimum atomic E-state index is -0.112. The molecule has 0 saturated heterocycles. The van der Waals surface area contributed by atoms with Crippen LogP contribution >= 0.6 is 12.2 Å². The molecular formula is C13H19NOS. The normalized spacial score (nSPS) is 12.1. The van der Waals surface area contributed by atoms with Gasteiger partial charge in [0.15, 0.2) is 5.05 Å². The number of aryl methyl sites for hydroxylation is 1. The van der Waals surface area contributed by atoms with Crippen molar-refractivity contribution < 1.29 is 4.74 Å². The summed E-state index contributed by atoms with van der Waals surface area (Å²) in [6.45, 7) is 2.52.